The van der Waals surface area contributed by atoms with E-state index in [2.05, 4.69) is 15.3 Å². The number of nitrogens with one attached hydrogen (secondary N) is 2. The van der Waals surface area contributed by atoms with Crippen LogP contribution in [0, 0.1) is 5.82 Å². The first kappa shape index (κ1) is 19.7. The zero-order chi connectivity index (χ0) is 21.4. The van der Waals surface area contributed by atoms with Crippen molar-refractivity contribution in [2.45, 2.75) is 18.9 Å². The number of aromatic amines is 1. The van der Waals surface area contributed by atoms with Crippen LogP contribution in [0.5, 0.6) is 0 Å². The number of nitrogens with two attached hydrogens (primary N) is 1. The number of aromatic nitrogens is 2. The lowest BCUT2D eigenvalue weighted by Gasteiger charge is -2.34. The van der Waals surface area contributed by atoms with Crippen LogP contribution in [0.2, 0.25) is 0 Å². The van der Waals surface area contributed by atoms with Gasteiger partial charge < -0.3 is 20.9 Å². The molecule has 0 saturated carbocycles. The fourth-order valence-corrected chi connectivity index (χ4v) is 4.92. The lowest BCUT2D eigenvalue weighted by atomic mass is 10.1. The minimum atomic E-state index is -0.371. The second-order valence-electron chi connectivity index (χ2n) is 7.72. The van der Waals surface area contributed by atoms with Crippen molar-refractivity contribution < 1.29 is 9.18 Å². The molecule has 0 spiro atoms. The van der Waals surface area contributed by atoms with Crippen molar-refractivity contribution >= 4 is 39.5 Å². The van der Waals surface area contributed by atoms with E-state index in [9.17, 15) is 9.18 Å². The number of thiazole rings is 1. The molecule has 5 rings (SSSR count). The van der Waals surface area contributed by atoms with Gasteiger partial charge in [-0.25, -0.2) is 9.37 Å². The van der Waals surface area contributed by atoms with Gasteiger partial charge in [-0.3, -0.25) is 4.79 Å². The number of piperidine rings is 1. The molecular weight excluding hydrogens is 413 g/mol. The number of nitrogens with zero attached hydrogens (tertiary/aromatic N) is 2. The molecule has 2 aromatic carbocycles. The maximum absolute atomic E-state index is 14.7. The zero-order valence-corrected chi connectivity index (χ0v) is 17.6. The van der Waals surface area contributed by atoms with Gasteiger partial charge in [-0.15, -0.1) is 11.3 Å². The Hall–Kier alpha value is -3.23. The Kier molecular flexibility index (Phi) is 5.17. The summed E-state index contributed by atoms with van der Waals surface area (Å²) in [6.45, 7) is 1.27. The molecule has 1 atom stereocenters. The topological polar surface area (TPSA) is 87.0 Å². The molecule has 1 saturated heterocycles. The first-order valence-corrected chi connectivity index (χ1v) is 11.1. The molecule has 1 amide bonds. The summed E-state index contributed by atoms with van der Waals surface area (Å²) in [6, 6.07) is 12.7. The van der Waals surface area contributed by atoms with Crippen molar-refractivity contribution in [1.82, 2.24) is 9.97 Å². The van der Waals surface area contributed by atoms with Crippen LogP contribution in [0.15, 0.2) is 54.0 Å². The molecule has 0 bridgehead atoms. The fourth-order valence-electron chi connectivity index (χ4n) is 4.09. The van der Waals surface area contributed by atoms with Crippen molar-refractivity contribution in [3.63, 3.8) is 0 Å². The predicted molar refractivity (Wildman–Crippen MR) is 123 cm³/mol. The van der Waals surface area contributed by atoms with Gasteiger partial charge in [0.2, 0.25) is 0 Å². The largest absolute Gasteiger partial charge is 0.366 e. The third kappa shape index (κ3) is 3.80. The van der Waals surface area contributed by atoms with E-state index in [4.69, 9.17) is 5.73 Å². The van der Waals surface area contributed by atoms with Crippen LogP contribution in [0.3, 0.4) is 0 Å². The number of amides is 1. The Morgan fingerprint density at radius 1 is 1.26 bits per heavy atom. The van der Waals surface area contributed by atoms with E-state index >= 15 is 0 Å². The number of anilines is 2. The van der Waals surface area contributed by atoms with Gasteiger partial charge >= 0.3 is 0 Å². The van der Waals surface area contributed by atoms with E-state index in [1.165, 1.54) is 17.4 Å². The maximum atomic E-state index is 14.7. The summed E-state index contributed by atoms with van der Waals surface area (Å²) in [7, 11) is 0. The third-order valence-electron chi connectivity index (χ3n) is 5.57. The average molecular weight is 436 g/mol. The molecule has 1 fully saturated rings. The van der Waals surface area contributed by atoms with Crippen molar-refractivity contribution in [2.75, 3.05) is 23.3 Å². The lowest BCUT2D eigenvalue weighted by molar-refractivity contribution is 0.102. The highest BCUT2D eigenvalue weighted by Gasteiger charge is 2.24. The van der Waals surface area contributed by atoms with Gasteiger partial charge in [-0.2, -0.15) is 0 Å². The highest BCUT2D eigenvalue weighted by atomic mass is 32.1. The molecule has 4 aromatic rings. The quantitative estimate of drug-likeness (QED) is 0.437. The van der Waals surface area contributed by atoms with E-state index in [1.54, 1.807) is 17.5 Å². The molecule has 2 aromatic heterocycles. The van der Waals surface area contributed by atoms with Crippen molar-refractivity contribution in [2.24, 2.45) is 5.73 Å². The van der Waals surface area contributed by atoms with Gasteiger partial charge in [0.05, 0.1) is 11.4 Å². The Labute approximate surface area is 182 Å². The van der Waals surface area contributed by atoms with Crippen molar-refractivity contribution in [1.29, 1.82) is 0 Å². The highest BCUT2D eigenvalue weighted by Crippen LogP contribution is 2.33. The average Bonchev–Trinajstić information content (AvgIpc) is 3.41. The number of benzene rings is 2. The monoisotopic (exact) mass is 435 g/mol. The van der Waals surface area contributed by atoms with E-state index in [1.807, 2.05) is 35.4 Å². The maximum Gasteiger partial charge on any atom is 0.275 e. The molecule has 1 aliphatic rings. The van der Waals surface area contributed by atoms with Crippen LogP contribution in [0.4, 0.5) is 15.8 Å². The third-order valence-corrected chi connectivity index (χ3v) is 6.44. The lowest BCUT2D eigenvalue weighted by Crippen LogP contribution is -2.43. The summed E-state index contributed by atoms with van der Waals surface area (Å²) in [6.07, 6.45) is 3.71. The molecule has 8 heteroatoms. The molecule has 0 radical (unpaired) electrons. The fraction of sp³-hybridized carbons (Fsp3) is 0.217. The Morgan fingerprint density at radius 2 is 2.13 bits per heavy atom. The van der Waals surface area contributed by atoms with E-state index in [0.717, 1.165) is 34.3 Å². The molecular formula is C23H22FN5OS. The Bertz CT molecular complexity index is 1250. The van der Waals surface area contributed by atoms with Crippen molar-refractivity contribution in [3.05, 3.63) is 65.6 Å². The number of H-pyrrole nitrogens is 1. The molecule has 1 unspecified atom stereocenters. The second kappa shape index (κ2) is 8.13. The number of rotatable bonds is 4. The summed E-state index contributed by atoms with van der Waals surface area (Å²) in [4.78, 5) is 22.6. The number of carbonyl (C=O) groups excluding carboxylic acids is 1. The minimum absolute atomic E-state index is 0.00539. The first-order chi connectivity index (χ1) is 15.1. The summed E-state index contributed by atoms with van der Waals surface area (Å²) < 4.78 is 14.7. The normalized spacial score (nSPS) is 16.6. The summed E-state index contributed by atoms with van der Waals surface area (Å²) in [5, 5.41) is 6.38. The Balaban J connectivity index is 1.41. The van der Waals surface area contributed by atoms with Gasteiger partial charge in [-0.05, 0) is 31.0 Å². The van der Waals surface area contributed by atoms with Gasteiger partial charge in [0, 0.05) is 47.2 Å². The van der Waals surface area contributed by atoms with Gasteiger partial charge in [0.25, 0.3) is 5.91 Å². The summed E-state index contributed by atoms with van der Waals surface area (Å²) >= 11 is 1.40. The molecule has 1 aliphatic heterocycles. The summed E-state index contributed by atoms with van der Waals surface area (Å²) in [5.74, 6) is -0.736. The Morgan fingerprint density at radius 3 is 3.00 bits per heavy atom. The molecule has 4 N–H and O–H groups in total. The molecule has 0 aliphatic carbocycles. The number of fused-ring (bicyclic) bond motifs is 1. The zero-order valence-electron chi connectivity index (χ0n) is 16.8. The number of hydrogen-bond acceptors (Lipinski definition) is 5. The molecule has 158 valence electrons. The van der Waals surface area contributed by atoms with Gasteiger partial charge in [0.15, 0.2) is 0 Å². The van der Waals surface area contributed by atoms with Crippen LogP contribution in [-0.4, -0.2) is 35.0 Å². The first-order valence-electron chi connectivity index (χ1n) is 10.2. The SMILES string of the molecule is NC1CCCN(c2c(F)cccc2NC(=O)c2csc(-c3c[nH]c4ccccc34)n2)C1. The second-order valence-corrected chi connectivity index (χ2v) is 8.58. The molecule has 31 heavy (non-hydrogen) atoms. The number of halogens is 1. The number of carbonyl (C=O) groups is 1. The summed E-state index contributed by atoms with van der Waals surface area (Å²) in [5.41, 5.74) is 9.17. The van der Waals surface area contributed by atoms with E-state index < -0.39 is 0 Å². The van der Waals surface area contributed by atoms with Crippen LogP contribution >= 0.6 is 11.3 Å². The predicted octanol–water partition coefficient (Wildman–Crippen LogP) is 4.61. The van der Waals surface area contributed by atoms with Crippen LogP contribution in [0.1, 0.15) is 23.3 Å². The minimum Gasteiger partial charge on any atom is -0.366 e. The van der Waals surface area contributed by atoms with Gasteiger partial charge in [-0.1, -0.05) is 24.3 Å². The molecule has 3 heterocycles. The standard InChI is InChI=1S/C23H22FN5OS/c24-17-7-3-9-19(21(17)29-10-4-5-14(25)12-29)27-22(30)20-13-31-23(28-20)16-11-26-18-8-2-1-6-15(16)18/h1-3,6-9,11,13-14,26H,4-5,10,12,25H2,(H,27,30). The smallest absolute Gasteiger partial charge is 0.275 e. The van der Waals surface area contributed by atoms with E-state index in [0.29, 0.717) is 30.2 Å². The van der Waals surface area contributed by atoms with E-state index in [-0.39, 0.29) is 17.8 Å². The van der Waals surface area contributed by atoms with Crippen LogP contribution in [0.25, 0.3) is 21.5 Å². The highest BCUT2D eigenvalue weighted by molar-refractivity contribution is 7.13. The number of hydrogen-bond donors (Lipinski definition) is 3. The van der Waals surface area contributed by atoms with Crippen LogP contribution < -0.4 is 16.0 Å². The van der Waals surface area contributed by atoms with Gasteiger partial charge in [0.1, 0.15) is 16.5 Å². The molecule has 6 nitrogen and oxygen atoms in total. The van der Waals surface area contributed by atoms with Crippen LogP contribution in [-0.2, 0) is 0 Å². The van der Waals surface area contributed by atoms with Crippen molar-refractivity contribution in [3.8, 4) is 10.6 Å². The number of para-hydroxylation sites is 2.